The number of hydrogen-bond donors (Lipinski definition) is 2. The van der Waals surface area contributed by atoms with Crippen molar-refractivity contribution >= 4 is 5.91 Å². The Kier molecular flexibility index (Phi) is 8.27. The SMILES string of the molecule is COCCC(C)NC(=O)CC(CN)OC. The van der Waals surface area contributed by atoms with Crippen LogP contribution in [0.5, 0.6) is 0 Å². The van der Waals surface area contributed by atoms with Crippen LogP contribution in [0.4, 0.5) is 0 Å². The van der Waals surface area contributed by atoms with E-state index in [-0.39, 0.29) is 18.1 Å². The Morgan fingerprint density at radius 2 is 2.13 bits per heavy atom. The topological polar surface area (TPSA) is 73.6 Å². The van der Waals surface area contributed by atoms with Gasteiger partial charge in [-0.05, 0) is 13.3 Å². The van der Waals surface area contributed by atoms with Gasteiger partial charge in [0.05, 0.1) is 12.5 Å². The summed E-state index contributed by atoms with van der Waals surface area (Å²) in [6, 6.07) is 0.118. The lowest BCUT2D eigenvalue weighted by molar-refractivity contribution is -0.124. The molecule has 0 spiro atoms. The molecule has 0 heterocycles. The lowest BCUT2D eigenvalue weighted by Gasteiger charge is -2.16. The van der Waals surface area contributed by atoms with Crippen LogP contribution in [0.1, 0.15) is 19.8 Å². The molecule has 3 N–H and O–H groups in total. The molecular formula is C10H22N2O3. The van der Waals surface area contributed by atoms with Crippen molar-refractivity contribution in [1.29, 1.82) is 0 Å². The molecule has 5 heteroatoms. The molecular weight excluding hydrogens is 196 g/mol. The van der Waals surface area contributed by atoms with E-state index in [1.54, 1.807) is 14.2 Å². The summed E-state index contributed by atoms with van der Waals surface area (Å²) in [5, 5.41) is 2.86. The predicted octanol–water partition coefficient (Wildman–Crippen LogP) is -0.109. The molecule has 0 aliphatic rings. The summed E-state index contributed by atoms with van der Waals surface area (Å²) >= 11 is 0. The van der Waals surface area contributed by atoms with Crippen molar-refractivity contribution in [2.45, 2.75) is 31.9 Å². The molecule has 0 aromatic carbocycles. The normalized spacial score (nSPS) is 14.7. The first-order valence-electron chi connectivity index (χ1n) is 5.15. The molecule has 0 bridgehead atoms. The van der Waals surface area contributed by atoms with Gasteiger partial charge in [0.15, 0.2) is 0 Å². The Morgan fingerprint density at radius 3 is 2.60 bits per heavy atom. The maximum absolute atomic E-state index is 11.5. The first-order chi connectivity index (χ1) is 7.13. The number of ether oxygens (including phenoxy) is 2. The summed E-state index contributed by atoms with van der Waals surface area (Å²) in [6.07, 6.45) is 0.923. The minimum Gasteiger partial charge on any atom is -0.385 e. The van der Waals surface area contributed by atoms with E-state index >= 15 is 0 Å². The van der Waals surface area contributed by atoms with Crippen molar-refractivity contribution in [3.8, 4) is 0 Å². The van der Waals surface area contributed by atoms with Crippen molar-refractivity contribution in [2.24, 2.45) is 5.73 Å². The number of nitrogens with one attached hydrogen (secondary N) is 1. The van der Waals surface area contributed by atoms with E-state index in [1.165, 1.54) is 0 Å². The third-order valence-electron chi connectivity index (χ3n) is 2.17. The monoisotopic (exact) mass is 218 g/mol. The summed E-state index contributed by atoms with van der Waals surface area (Å²) in [7, 11) is 3.20. The Bertz CT molecular complexity index is 172. The molecule has 0 fully saturated rings. The molecule has 0 aromatic rings. The molecule has 0 saturated heterocycles. The zero-order chi connectivity index (χ0) is 11.7. The minimum absolute atomic E-state index is 0.0316. The summed E-state index contributed by atoms with van der Waals surface area (Å²) in [5.74, 6) is -0.0316. The van der Waals surface area contributed by atoms with Gasteiger partial charge in [-0.25, -0.2) is 0 Å². The molecule has 0 radical (unpaired) electrons. The molecule has 2 unspecified atom stereocenters. The summed E-state index contributed by atoms with van der Waals surface area (Å²) in [6.45, 7) is 2.95. The maximum Gasteiger partial charge on any atom is 0.222 e. The average Bonchev–Trinajstić information content (AvgIpc) is 2.22. The van der Waals surface area contributed by atoms with Gasteiger partial charge in [-0.3, -0.25) is 4.79 Å². The third kappa shape index (κ3) is 7.30. The molecule has 0 aromatic heterocycles. The first-order valence-corrected chi connectivity index (χ1v) is 5.15. The van der Waals surface area contributed by atoms with Gasteiger partial charge >= 0.3 is 0 Å². The number of hydrogen-bond acceptors (Lipinski definition) is 4. The largest absolute Gasteiger partial charge is 0.385 e. The number of methoxy groups -OCH3 is 2. The summed E-state index contributed by atoms with van der Waals surface area (Å²) in [4.78, 5) is 11.5. The molecule has 1 amide bonds. The minimum atomic E-state index is -0.195. The maximum atomic E-state index is 11.5. The van der Waals surface area contributed by atoms with Crippen molar-refractivity contribution in [1.82, 2.24) is 5.32 Å². The fraction of sp³-hybridized carbons (Fsp3) is 0.900. The van der Waals surface area contributed by atoms with Crippen LogP contribution in [0.25, 0.3) is 0 Å². The smallest absolute Gasteiger partial charge is 0.222 e. The van der Waals surface area contributed by atoms with Crippen LogP contribution < -0.4 is 11.1 Å². The first kappa shape index (κ1) is 14.3. The zero-order valence-electron chi connectivity index (χ0n) is 9.79. The lowest BCUT2D eigenvalue weighted by Crippen LogP contribution is -2.37. The molecule has 90 valence electrons. The van der Waals surface area contributed by atoms with Crippen LogP contribution >= 0.6 is 0 Å². The molecule has 15 heavy (non-hydrogen) atoms. The Balaban J connectivity index is 3.71. The van der Waals surface area contributed by atoms with Gasteiger partial charge in [0.1, 0.15) is 0 Å². The van der Waals surface area contributed by atoms with Crippen LogP contribution in [0.3, 0.4) is 0 Å². The lowest BCUT2D eigenvalue weighted by atomic mass is 10.2. The van der Waals surface area contributed by atoms with Crippen LogP contribution in [0, 0.1) is 0 Å². The molecule has 0 rings (SSSR count). The highest BCUT2D eigenvalue weighted by molar-refractivity contribution is 5.76. The van der Waals surface area contributed by atoms with Crippen LogP contribution in [0.2, 0.25) is 0 Å². The Labute approximate surface area is 91.3 Å². The van der Waals surface area contributed by atoms with Gasteiger partial charge in [0.2, 0.25) is 5.91 Å². The highest BCUT2D eigenvalue weighted by Crippen LogP contribution is 1.97. The fourth-order valence-corrected chi connectivity index (χ4v) is 1.17. The van der Waals surface area contributed by atoms with E-state index in [9.17, 15) is 4.79 Å². The number of nitrogens with two attached hydrogens (primary N) is 1. The van der Waals surface area contributed by atoms with Crippen LogP contribution in [-0.2, 0) is 14.3 Å². The number of amides is 1. The summed E-state index contributed by atoms with van der Waals surface area (Å²) < 4.78 is 9.94. The van der Waals surface area contributed by atoms with Crippen molar-refractivity contribution in [3.63, 3.8) is 0 Å². The predicted molar refractivity (Wildman–Crippen MR) is 58.6 cm³/mol. The van der Waals surface area contributed by atoms with Gasteiger partial charge in [-0.1, -0.05) is 0 Å². The van der Waals surface area contributed by atoms with E-state index < -0.39 is 0 Å². The van der Waals surface area contributed by atoms with Crippen molar-refractivity contribution < 1.29 is 14.3 Å². The quantitative estimate of drug-likeness (QED) is 0.596. The Morgan fingerprint density at radius 1 is 1.47 bits per heavy atom. The average molecular weight is 218 g/mol. The second-order valence-corrected chi connectivity index (χ2v) is 3.55. The number of carbonyl (C=O) groups is 1. The van der Waals surface area contributed by atoms with Crippen molar-refractivity contribution in [3.05, 3.63) is 0 Å². The van der Waals surface area contributed by atoms with Gasteiger partial charge in [-0.15, -0.1) is 0 Å². The highest BCUT2D eigenvalue weighted by Gasteiger charge is 2.13. The van der Waals surface area contributed by atoms with E-state index in [2.05, 4.69) is 5.32 Å². The van der Waals surface area contributed by atoms with E-state index in [0.29, 0.717) is 19.6 Å². The van der Waals surface area contributed by atoms with E-state index in [0.717, 1.165) is 6.42 Å². The number of rotatable bonds is 8. The standard InChI is InChI=1S/C10H22N2O3/c1-8(4-5-14-2)12-10(13)6-9(7-11)15-3/h8-9H,4-7,11H2,1-3H3,(H,12,13). The molecule has 0 aliphatic carbocycles. The third-order valence-corrected chi connectivity index (χ3v) is 2.17. The van der Waals surface area contributed by atoms with E-state index in [4.69, 9.17) is 15.2 Å². The summed E-state index contributed by atoms with van der Waals surface area (Å²) in [5.41, 5.74) is 5.42. The Hall–Kier alpha value is -0.650. The van der Waals surface area contributed by atoms with Crippen molar-refractivity contribution in [2.75, 3.05) is 27.4 Å². The van der Waals surface area contributed by atoms with Gasteiger partial charge in [0, 0.05) is 33.4 Å². The van der Waals surface area contributed by atoms with E-state index in [1.807, 2.05) is 6.92 Å². The molecule has 2 atom stereocenters. The second-order valence-electron chi connectivity index (χ2n) is 3.55. The van der Waals surface area contributed by atoms with Gasteiger partial charge < -0.3 is 20.5 Å². The molecule has 5 nitrogen and oxygen atoms in total. The second kappa shape index (κ2) is 8.64. The molecule has 0 saturated carbocycles. The fourth-order valence-electron chi connectivity index (χ4n) is 1.17. The highest BCUT2D eigenvalue weighted by atomic mass is 16.5. The van der Waals surface area contributed by atoms with Gasteiger partial charge in [-0.2, -0.15) is 0 Å². The van der Waals surface area contributed by atoms with Gasteiger partial charge in [0.25, 0.3) is 0 Å². The van der Waals surface area contributed by atoms with Crippen LogP contribution in [0.15, 0.2) is 0 Å². The molecule has 0 aliphatic heterocycles. The zero-order valence-corrected chi connectivity index (χ0v) is 9.79. The number of carbonyl (C=O) groups excluding carboxylic acids is 1. The van der Waals surface area contributed by atoms with Crippen LogP contribution in [-0.4, -0.2) is 45.4 Å².